The fraction of sp³-hybridized carbons (Fsp3) is 0.333. The van der Waals surface area contributed by atoms with E-state index in [0.717, 1.165) is 5.82 Å². The van der Waals surface area contributed by atoms with E-state index in [1.165, 1.54) is 6.07 Å². The van der Waals surface area contributed by atoms with Crippen LogP contribution >= 0.6 is 27.5 Å². The third-order valence-electron chi connectivity index (χ3n) is 2.59. The first-order chi connectivity index (χ1) is 8.56. The fourth-order valence-electron chi connectivity index (χ4n) is 1.82. The number of aromatic nitrogens is 3. The van der Waals surface area contributed by atoms with Crippen molar-refractivity contribution in [2.24, 2.45) is 0 Å². The van der Waals surface area contributed by atoms with Gasteiger partial charge in [0.1, 0.15) is 11.6 Å². The molecule has 96 valence electrons. The van der Waals surface area contributed by atoms with Gasteiger partial charge in [-0.1, -0.05) is 33.6 Å². The minimum atomic E-state index is -0.451. The maximum Gasteiger partial charge on any atom is 0.165 e. The largest absolute Gasteiger partial charge is 0.308 e. The number of nitrogens with zero attached hydrogens (tertiary/aromatic N) is 3. The van der Waals surface area contributed by atoms with Crippen molar-refractivity contribution in [2.45, 2.75) is 25.2 Å². The number of hydrogen-bond acceptors (Lipinski definition) is 2. The quantitative estimate of drug-likeness (QED) is 0.788. The van der Waals surface area contributed by atoms with Crippen LogP contribution in [-0.4, -0.2) is 14.8 Å². The molecule has 2 rings (SSSR count). The lowest BCUT2D eigenvalue weighted by molar-refractivity contribution is 0.585. The lowest BCUT2D eigenvalue weighted by Gasteiger charge is -2.13. The van der Waals surface area contributed by atoms with Gasteiger partial charge >= 0.3 is 0 Å². The molecule has 0 bridgehead atoms. The van der Waals surface area contributed by atoms with Crippen molar-refractivity contribution in [3.8, 4) is 11.4 Å². The Hall–Kier alpha value is -0.940. The average molecular weight is 333 g/mol. The summed E-state index contributed by atoms with van der Waals surface area (Å²) in [6.07, 6.45) is 0. The molecule has 0 spiro atoms. The number of alkyl halides is 1. The SMILES string of the molecule is CC(C)n1c(CBr)nnc1-c1cccc(F)c1Cl. The molecular formula is C12H12BrClFN3. The molecule has 0 saturated heterocycles. The van der Waals surface area contributed by atoms with Crippen LogP contribution < -0.4 is 0 Å². The Morgan fingerprint density at radius 2 is 2.11 bits per heavy atom. The standard InChI is InChI=1S/C12H12BrClFN3/c1-7(2)18-10(6-13)16-17-12(18)8-4-3-5-9(15)11(8)14/h3-5,7H,6H2,1-2H3. The molecule has 0 aliphatic rings. The van der Waals surface area contributed by atoms with E-state index in [4.69, 9.17) is 11.6 Å². The number of benzene rings is 1. The molecule has 0 unspecified atom stereocenters. The Balaban J connectivity index is 2.64. The van der Waals surface area contributed by atoms with E-state index in [1.54, 1.807) is 12.1 Å². The summed E-state index contributed by atoms with van der Waals surface area (Å²) in [7, 11) is 0. The Labute approximate surface area is 118 Å². The first-order valence-electron chi connectivity index (χ1n) is 5.50. The zero-order valence-electron chi connectivity index (χ0n) is 9.99. The highest BCUT2D eigenvalue weighted by Gasteiger charge is 2.18. The van der Waals surface area contributed by atoms with Gasteiger partial charge in [0, 0.05) is 11.6 Å². The minimum Gasteiger partial charge on any atom is -0.308 e. The Bertz CT molecular complexity index is 568. The van der Waals surface area contributed by atoms with Gasteiger partial charge in [-0.15, -0.1) is 10.2 Å². The van der Waals surface area contributed by atoms with Gasteiger partial charge in [-0.05, 0) is 26.0 Å². The molecule has 0 atom stereocenters. The second kappa shape index (κ2) is 5.36. The molecule has 0 fully saturated rings. The van der Waals surface area contributed by atoms with Crippen molar-refractivity contribution in [1.82, 2.24) is 14.8 Å². The maximum absolute atomic E-state index is 13.5. The Morgan fingerprint density at radius 3 is 2.72 bits per heavy atom. The van der Waals surface area contributed by atoms with Gasteiger partial charge in [-0.25, -0.2) is 4.39 Å². The normalized spacial score (nSPS) is 11.2. The summed E-state index contributed by atoms with van der Waals surface area (Å²) in [5.74, 6) is 0.928. The molecule has 6 heteroatoms. The van der Waals surface area contributed by atoms with Crippen LogP contribution in [0.1, 0.15) is 25.7 Å². The molecule has 1 aromatic carbocycles. The van der Waals surface area contributed by atoms with Crippen LogP contribution in [0.25, 0.3) is 11.4 Å². The van der Waals surface area contributed by atoms with Gasteiger partial charge in [0.15, 0.2) is 5.82 Å². The zero-order valence-corrected chi connectivity index (χ0v) is 12.3. The summed E-state index contributed by atoms with van der Waals surface area (Å²) in [4.78, 5) is 0. The molecule has 2 aromatic rings. The minimum absolute atomic E-state index is 0.0768. The molecule has 18 heavy (non-hydrogen) atoms. The van der Waals surface area contributed by atoms with Crippen molar-refractivity contribution in [3.05, 3.63) is 34.9 Å². The number of hydrogen-bond donors (Lipinski definition) is 0. The Kier molecular flexibility index (Phi) is 4.02. The zero-order chi connectivity index (χ0) is 13.3. The first-order valence-corrected chi connectivity index (χ1v) is 7.00. The van der Waals surface area contributed by atoms with Crippen molar-refractivity contribution in [2.75, 3.05) is 0 Å². The highest BCUT2D eigenvalue weighted by atomic mass is 79.9. The predicted molar refractivity (Wildman–Crippen MR) is 73.4 cm³/mol. The summed E-state index contributed by atoms with van der Waals surface area (Å²) in [5.41, 5.74) is 0.560. The average Bonchev–Trinajstić information content (AvgIpc) is 2.76. The van der Waals surface area contributed by atoms with E-state index in [0.29, 0.717) is 16.7 Å². The van der Waals surface area contributed by atoms with E-state index in [-0.39, 0.29) is 11.1 Å². The van der Waals surface area contributed by atoms with Crippen LogP contribution in [0.5, 0.6) is 0 Å². The lowest BCUT2D eigenvalue weighted by atomic mass is 10.2. The molecule has 0 N–H and O–H groups in total. The molecular weight excluding hydrogens is 321 g/mol. The van der Waals surface area contributed by atoms with Gasteiger partial charge in [-0.3, -0.25) is 0 Å². The van der Waals surface area contributed by atoms with E-state index >= 15 is 0 Å². The molecule has 1 heterocycles. The first kappa shape index (κ1) is 13.5. The van der Waals surface area contributed by atoms with Gasteiger partial charge in [0.05, 0.1) is 10.4 Å². The van der Waals surface area contributed by atoms with Gasteiger partial charge < -0.3 is 4.57 Å². The maximum atomic E-state index is 13.5. The monoisotopic (exact) mass is 331 g/mol. The van der Waals surface area contributed by atoms with Gasteiger partial charge in [0.25, 0.3) is 0 Å². The summed E-state index contributed by atoms with van der Waals surface area (Å²) >= 11 is 9.35. The molecule has 0 aliphatic heterocycles. The highest BCUT2D eigenvalue weighted by Crippen LogP contribution is 2.31. The molecule has 0 amide bonds. The Morgan fingerprint density at radius 1 is 1.39 bits per heavy atom. The van der Waals surface area contributed by atoms with E-state index in [9.17, 15) is 4.39 Å². The summed E-state index contributed by atoms with van der Waals surface area (Å²) in [5, 5.41) is 8.87. The van der Waals surface area contributed by atoms with Crippen LogP contribution in [0.15, 0.2) is 18.2 Å². The molecule has 0 radical (unpaired) electrons. The van der Waals surface area contributed by atoms with Crippen LogP contribution in [0.3, 0.4) is 0 Å². The summed E-state index contributed by atoms with van der Waals surface area (Å²) in [6, 6.07) is 4.85. The molecule has 0 aliphatic carbocycles. The number of halogens is 3. The molecule has 3 nitrogen and oxygen atoms in total. The third kappa shape index (κ3) is 2.29. The number of rotatable bonds is 3. The van der Waals surface area contributed by atoms with Crippen molar-refractivity contribution in [3.63, 3.8) is 0 Å². The van der Waals surface area contributed by atoms with Gasteiger partial charge in [-0.2, -0.15) is 0 Å². The summed E-state index contributed by atoms with van der Waals surface area (Å²) in [6.45, 7) is 4.04. The second-order valence-electron chi connectivity index (χ2n) is 4.14. The smallest absolute Gasteiger partial charge is 0.165 e. The van der Waals surface area contributed by atoms with Gasteiger partial charge in [0.2, 0.25) is 0 Å². The van der Waals surface area contributed by atoms with Crippen LogP contribution in [0.2, 0.25) is 5.02 Å². The third-order valence-corrected chi connectivity index (χ3v) is 3.48. The summed E-state index contributed by atoms with van der Waals surface area (Å²) < 4.78 is 15.4. The van der Waals surface area contributed by atoms with Crippen LogP contribution in [0, 0.1) is 5.82 Å². The predicted octanol–water partition coefficient (Wildman–Crippen LogP) is 4.21. The van der Waals surface area contributed by atoms with Crippen molar-refractivity contribution >= 4 is 27.5 Å². The van der Waals surface area contributed by atoms with Crippen molar-refractivity contribution in [1.29, 1.82) is 0 Å². The molecule has 0 saturated carbocycles. The van der Waals surface area contributed by atoms with Crippen molar-refractivity contribution < 1.29 is 4.39 Å². The van der Waals surface area contributed by atoms with Crippen LogP contribution in [-0.2, 0) is 5.33 Å². The molecule has 1 aromatic heterocycles. The van der Waals surface area contributed by atoms with Crippen LogP contribution in [0.4, 0.5) is 4.39 Å². The van der Waals surface area contributed by atoms with E-state index in [1.807, 2.05) is 18.4 Å². The topological polar surface area (TPSA) is 30.7 Å². The fourth-order valence-corrected chi connectivity index (χ4v) is 2.41. The van der Waals surface area contributed by atoms with E-state index < -0.39 is 5.82 Å². The second-order valence-corrected chi connectivity index (χ2v) is 5.08. The highest BCUT2D eigenvalue weighted by molar-refractivity contribution is 9.08. The lowest BCUT2D eigenvalue weighted by Crippen LogP contribution is -2.07. The van der Waals surface area contributed by atoms with E-state index in [2.05, 4.69) is 26.1 Å².